The Morgan fingerprint density at radius 3 is 2.68 bits per heavy atom. The summed E-state index contributed by atoms with van der Waals surface area (Å²) in [7, 11) is 2.18. The summed E-state index contributed by atoms with van der Waals surface area (Å²) >= 11 is 0. The number of nitrogens with one attached hydrogen (secondary N) is 1. The molecule has 2 saturated heterocycles. The van der Waals surface area contributed by atoms with E-state index in [-0.39, 0.29) is 6.03 Å². The van der Waals surface area contributed by atoms with Gasteiger partial charge in [-0.2, -0.15) is 0 Å². The first-order valence-corrected chi connectivity index (χ1v) is 9.48. The Kier molecular flexibility index (Phi) is 5.52. The number of amides is 2. The molecule has 5 heteroatoms. The highest BCUT2D eigenvalue weighted by molar-refractivity contribution is 5.74. The highest BCUT2D eigenvalue weighted by Crippen LogP contribution is 2.30. The van der Waals surface area contributed by atoms with Crippen molar-refractivity contribution in [3.8, 4) is 5.75 Å². The Balaban J connectivity index is 1.54. The molecule has 2 heterocycles. The summed E-state index contributed by atoms with van der Waals surface area (Å²) in [5.41, 5.74) is 2.95. The smallest absolute Gasteiger partial charge is 0.317 e. The molecular formula is C20H31N3O2. The van der Waals surface area contributed by atoms with Crippen LogP contribution in [-0.4, -0.2) is 60.2 Å². The summed E-state index contributed by atoms with van der Waals surface area (Å²) < 4.78 is 0. The van der Waals surface area contributed by atoms with Crippen molar-refractivity contribution in [3.63, 3.8) is 0 Å². The Bertz CT molecular complexity index is 608. The largest absolute Gasteiger partial charge is 0.507 e. The first kappa shape index (κ1) is 18.1. The highest BCUT2D eigenvalue weighted by atomic mass is 16.3. The molecular weight excluding hydrogens is 314 g/mol. The second-order valence-electron chi connectivity index (χ2n) is 7.77. The van der Waals surface area contributed by atoms with Gasteiger partial charge in [-0.25, -0.2) is 4.79 Å². The van der Waals surface area contributed by atoms with E-state index < -0.39 is 0 Å². The predicted molar refractivity (Wildman–Crippen MR) is 100 cm³/mol. The molecule has 1 aromatic carbocycles. The van der Waals surface area contributed by atoms with Crippen LogP contribution in [0.1, 0.15) is 36.0 Å². The lowest BCUT2D eigenvalue weighted by atomic mass is 9.84. The minimum Gasteiger partial charge on any atom is -0.507 e. The summed E-state index contributed by atoms with van der Waals surface area (Å²) in [5, 5.41) is 13.0. The summed E-state index contributed by atoms with van der Waals surface area (Å²) in [6, 6.07) is 4.50. The zero-order valence-corrected chi connectivity index (χ0v) is 15.7. The van der Waals surface area contributed by atoms with Gasteiger partial charge in [-0.1, -0.05) is 12.1 Å². The van der Waals surface area contributed by atoms with E-state index >= 15 is 0 Å². The van der Waals surface area contributed by atoms with Gasteiger partial charge in [0, 0.05) is 25.7 Å². The number of likely N-dealkylation sites (tertiary alicyclic amines) is 2. The number of carbonyl (C=O) groups is 1. The van der Waals surface area contributed by atoms with Crippen molar-refractivity contribution in [1.29, 1.82) is 0 Å². The zero-order valence-electron chi connectivity index (χ0n) is 15.7. The van der Waals surface area contributed by atoms with E-state index in [4.69, 9.17) is 0 Å². The third-order valence-electron chi connectivity index (χ3n) is 5.77. The topological polar surface area (TPSA) is 55.8 Å². The number of nitrogens with zero attached hydrogens (tertiary/aromatic N) is 2. The van der Waals surface area contributed by atoms with Crippen LogP contribution in [0.3, 0.4) is 0 Å². The van der Waals surface area contributed by atoms with Crippen molar-refractivity contribution >= 4 is 6.03 Å². The van der Waals surface area contributed by atoms with Crippen molar-refractivity contribution in [2.75, 3.05) is 33.2 Å². The number of aryl methyl sites for hydroxylation is 2. The molecule has 2 unspecified atom stereocenters. The number of benzene rings is 1. The number of phenols is 1. The third kappa shape index (κ3) is 4.09. The molecule has 2 fully saturated rings. The number of urea groups is 1. The summed E-state index contributed by atoms with van der Waals surface area (Å²) in [5.74, 6) is 0.995. The predicted octanol–water partition coefficient (Wildman–Crippen LogP) is 2.68. The van der Waals surface area contributed by atoms with Crippen LogP contribution < -0.4 is 5.32 Å². The van der Waals surface area contributed by atoms with Gasteiger partial charge < -0.3 is 20.2 Å². The van der Waals surface area contributed by atoms with Crippen molar-refractivity contribution in [1.82, 2.24) is 15.1 Å². The quantitative estimate of drug-likeness (QED) is 0.885. The van der Waals surface area contributed by atoms with E-state index in [9.17, 15) is 9.90 Å². The van der Waals surface area contributed by atoms with Gasteiger partial charge in [0.1, 0.15) is 5.75 Å². The molecule has 0 spiro atoms. The number of hydrogen-bond acceptors (Lipinski definition) is 3. The lowest BCUT2D eigenvalue weighted by Crippen LogP contribution is -2.57. The molecule has 2 aliphatic heterocycles. The molecule has 2 amide bonds. The first-order chi connectivity index (χ1) is 12.0. The van der Waals surface area contributed by atoms with Crippen LogP contribution in [0, 0.1) is 19.8 Å². The number of piperidine rings is 2. The monoisotopic (exact) mass is 345 g/mol. The SMILES string of the molecule is Cc1cc(CCNC(=O)N2CCCC3CN(C)CCC32)cc(C)c1O. The number of aromatic hydroxyl groups is 1. The van der Waals surface area contributed by atoms with E-state index in [1.54, 1.807) is 0 Å². The van der Waals surface area contributed by atoms with E-state index in [0.717, 1.165) is 55.6 Å². The molecule has 0 saturated carbocycles. The minimum atomic E-state index is 0.0893. The molecule has 138 valence electrons. The fraction of sp³-hybridized carbons (Fsp3) is 0.650. The number of rotatable bonds is 3. The number of phenolic OH excluding ortho intramolecular Hbond substituents is 1. The Morgan fingerprint density at radius 2 is 1.96 bits per heavy atom. The van der Waals surface area contributed by atoms with Crippen LogP contribution in [0.4, 0.5) is 4.79 Å². The third-order valence-corrected chi connectivity index (χ3v) is 5.77. The molecule has 2 aliphatic rings. The van der Waals surface area contributed by atoms with E-state index in [1.807, 2.05) is 26.0 Å². The standard InChI is InChI=1S/C20H31N3O2/c1-14-11-16(12-15(2)19(14)24)6-8-21-20(25)23-9-4-5-17-13-22(3)10-7-18(17)23/h11-12,17-18,24H,4-10,13H2,1-3H3,(H,21,25). The molecule has 2 N–H and O–H groups in total. The Morgan fingerprint density at radius 1 is 1.24 bits per heavy atom. The summed E-state index contributed by atoms with van der Waals surface area (Å²) in [6.45, 7) is 7.54. The second-order valence-corrected chi connectivity index (χ2v) is 7.77. The van der Waals surface area contributed by atoms with Crippen LogP contribution in [0.15, 0.2) is 12.1 Å². The molecule has 0 radical (unpaired) electrons. The molecule has 25 heavy (non-hydrogen) atoms. The Labute approximate surface area is 151 Å². The van der Waals surface area contributed by atoms with Gasteiger partial charge in [0.05, 0.1) is 0 Å². The maximum Gasteiger partial charge on any atom is 0.317 e. The van der Waals surface area contributed by atoms with Gasteiger partial charge in [-0.05, 0) is 75.7 Å². The van der Waals surface area contributed by atoms with Gasteiger partial charge in [0.15, 0.2) is 0 Å². The normalized spacial score (nSPS) is 24.0. The molecule has 2 atom stereocenters. The summed E-state index contributed by atoms with van der Waals surface area (Å²) in [4.78, 5) is 17.1. The van der Waals surface area contributed by atoms with Crippen LogP contribution in [0.25, 0.3) is 0 Å². The second kappa shape index (κ2) is 7.65. The van der Waals surface area contributed by atoms with E-state index in [0.29, 0.717) is 24.3 Å². The van der Waals surface area contributed by atoms with Gasteiger partial charge in [0.25, 0.3) is 0 Å². The van der Waals surface area contributed by atoms with Crippen molar-refractivity contribution < 1.29 is 9.90 Å². The lowest BCUT2D eigenvalue weighted by molar-refractivity contribution is 0.0534. The maximum atomic E-state index is 12.7. The maximum absolute atomic E-state index is 12.7. The molecule has 0 aliphatic carbocycles. The van der Waals surface area contributed by atoms with Crippen molar-refractivity contribution in [2.45, 2.75) is 45.6 Å². The highest BCUT2D eigenvalue weighted by Gasteiger charge is 2.37. The lowest BCUT2D eigenvalue weighted by Gasteiger charge is -2.46. The molecule has 5 nitrogen and oxygen atoms in total. The summed E-state index contributed by atoms with van der Waals surface area (Å²) in [6.07, 6.45) is 4.23. The van der Waals surface area contributed by atoms with Crippen molar-refractivity contribution in [3.05, 3.63) is 28.8 Å². The van der Waals surface area contributed by atoms with Crippen LogP contribution in [0.5, 0.6) is 5.75 Å². The fourth-order valence-electron chi connectivity index (χ4n) is 4.44. The van der Waals surface area contributed by atoms with Crippen molar-refractivity contribution in [2.24, 2.45) is 5.92 Å². The molecule has 0 aromatic heterocycles. The van der Waals surface area contributed by atoms with Gasteiger partial charge >= 0.3 is 6.03 Å². The average molecular weight is 345 g/mol. The van der Waals surface area contributed by atoms with Crippen LogP contribution in [-0.2, 0) is 6.42 Å². The van der Waals surface area contributed by atoms with E-state index in [2.05, 4.69) is 22.2 Å². The molecule has 0 bridgehead atoms. The van der Waals surface area contributed by atoms with Gasteiger partial charge in [-0.15, -0.1) is 0 Å². The van der Waals surface area contributed by atoms with E-state index in [1.165, 1.54) is 6.42 Å². The first-order valence-electron chi connectivity index (χ1n) is 9.48. The number of carbonyl (C=O) groups excluding carboxylic acids is 1. The Hall–Kier alpha value is -1.75. The van der Waals surface area contributed by atoms with Crippen LogP contribution >= 0.6 is 0 Å². The van der Waals surface area contributed by atoms with Gasteiger partial charge in [-0.3, -0.25) is 0 Å². The number of hydrogen-bond donors (Lipinski definition) is 2. The minimum absolute atomic E-state index is 0.0893. The van der Waals surface area contributed by atoms with Gasteiger partial charge in [0.2, 0.25) is 0 Å². The average Bonchev–Trinajstić information content (AvgIpc) is 2.58. The number of fused-ring (bicyclic) bond motifs is 1. The zero-order chi connectivity index (χ0) is 18.0. The fourth-order valence-corrected chi connectivity index (χ4v) is 4.44. The van der Waals surface area contributed by atoms with Crippen LogP contribution in [0.2, 0.25) is 0 Å². The molecule has 3 rings (SSSR count). The molecule has 1 aromatic rings.